The molecule has 3 heterocycles. The maximum Gasteiger partial charge on any atom is 0.0741 e. The third-order valence-corrected chi connectivity index (χ3v) is 5.24. The summed E-state index contributed by atoms with van der Waals surface area (Å²) in [5.41, 5.74) is 5.77. The number of hydrogen-bond donors (Lipinski definition) is 1. The lowest BCUT2D eigenvalue weighted by molar-refractivity contribution is -0.153. The lowest BCUT2D eigenvalue weighted by atomic mass is 9.83. The lowest BCUT2D eigenvalue weighted by Gasteiger charge is -2.48. The van der Waals surface area contributed by atoms with Gasteiger partial charge in [-0.05, 0) is 25.7 Å². The number of hydrogen-bond acceptors (Lipinski definition) is 5. The summed E-state index contributed by atoms with van der Waals surface area (Å²) in [5, 5.41) is 0. The van der Waals surface area contributed by atoms with Crippen molar-refractivity contribution in [2.75, 3.05) is 59.1 Å². The van der Waals surface area contributed by atoms with Crippen LogP contribution in [-0.2, 0) is 9.47 Å². The molecular formula is C15H29N3O2. The van der Waals surface area contributed by atoms with E-state index in [0.29, 0.717) is 6.04 Å². The van der Waals surface area contributed by atoms with Crippen molar-refractivity contribution in [1.29, 1.82) is 0 Å². The first-order valence-electron chi connectivity index (χ1n) is 8.19. The third-order valence-electron chi connectivity index (χ3n) is 5.24. The average Bonchev–Trinajstić information content (AvgIpc) is 2.49. The maximum atomic E-state index is 6.15. The molecule has 3 fully saturated rings. The molecule has 1 spiro atoms. The highest BCUT2D eigenvalue weighted by Gasteiger charge is 2.41. The summed E-state index contributed by atoms with van der Waals surface area (Å²) in [7, 11) is 0. The number of nitrogens with zero attached hydrogens (tertiary/aromatic N) is 2. The first-order chi connectivity index (χ1) is 9.81. The Morgan fingerprint density at radius 2 is 1.80 bits per heavy atom. The molecule has 3 saturated heterocycles. The van der Waals surface area contributed by atoms with E-state index in [1.807, 2.05) is 0 Å². The molecule has 1 atom stereocenters. The quantitative estimate of drug-likeness (QED) is 0.807. The van der Waals surface area contributed by atoms with Crippen LogP contribution in [0.25, 0.3) is 0 Å². The van der Waals surface area contributed by atoms with Crippen molar-refractivity contribution in [3.05, 3.63) is 0 Å². The summed E-state index contributed by atoms with van der Waals surface area (Å²) in [6.45, 7) is 9.22. The van der Waals surface area contributed by atoms with E-state index in [0.717, 1.165) is 45.8 Å². The predicted molar refractivity (Wildman–Crippen MR) is 78.8 cm³/mol. The Labute approximate surface area is 122 Å². The van der Waals surface area contributed by atoms with Crippen molar-refractivity contribution in [3.63, 3.8) is 0 Å². The third kappa shape index (κ3) is 3.34. The minimum absolute atomic E-state index is 0.121. The summed E-state index contributed by atoms with van der Waals surface area (Å²) in [5.74, 6) is 0. The number of ether oxygens (including phenoxy) is 2. The second kappa shape index (κ2) is 6.71. The first kappa shape index (κ1) is 14.7. The van der Waals surface area contributed by atoms with Gasteiger partial charge in [0, 0.05) is 65.1 Å². The van der Waals surface area contributed by atoms with E-state index in [9.17, 15) is 0 Å². The van der Waals surface area contributed by atoms with Crippen molar-refractivity contribution < 1.29 is 9.47 Å². The van der Waals surface area contributed by atoms with Crippen molar-refractivity contribution in [2.24, 2.45) is 5.73 Å². The molecule has 3 aliphatic heterocycles. The molecule has 5 nitrogen and oxygen atoms in total. The summed E-state index contributed by atoms with van der Waals surface area (Å²) in [6, 6.07) is 0.710. The Balaban J connectivity index is 1.52. The van der Waals surface area contributed by atoms with E-state index in [1.165, 1.54) is 39.0 Å². The van der Waals surface area contributed by atoms with E-state index < -0.39 is 0 Å². The van der Waals surface area contributed by atoms with Crippen LogP contribution in [0.15, 0.2) is 0 Å². The van der Waals surface area contributed by atoms with Gasteiger partial charge in [0.05, 0.1) is 5.60 Å². The lowest BCUT2D eigenvalue weighted by Crippen LogP contribution is -2.56. The van der Waals surface area contributed by atoms with E-state index >= 15 is 0 Å². The molecule has 0 aromatic rings. The van der Waals surface area contributed by atoms with Gasteiger partial charge in [-0.1, -0.05) is 0 Å². The second-order valence-corrected chi connectivity index (χ2v) is 6.46. The van der Waals surface area contributed by atoms with Gasteiger partial charge in [0.25, 0.3) is 0 Å². The van der Waals surface area contributed by atoms with Gasteiger partial charge in [0.1, 0.15) is 0 Å². The predicted octanol–water partition coefficient (Wildman–Crippen LogP) is 0.291. The molecule has 116 valence electrons. The number of rotatable bonds is 3. The minimum Gasteiger partial charge on any atom is -0.381 e. The standard InChI is InChI=1S/C15H29N3O2/c16-4-5-17-6-8-18(9-7-17)14-1-10-20-15(13-14)2-11-19-12-3-15/h14H,1-13,16H2. The molecule has 0 radical (unpaired) electrons. The largest absolute Gasteiger partial charge is 0.381 e. The van der Waals surface area contributed by atoms with E-state index in [1.54, 1.807) is 0 Å². The van der Waals surface area contributed by atoms with Crippen LogP contribution < -0.4 is 5.73 Å². The summed E-state index contributed by atoms with van der Waals surface area (Å²) in [6.07, 6.45) is 4.56. The summed E-state index contributed by atoms with van der Waals surface area (Å²) < 4.78 is 11.7. The van der Waals surface area contributed by atoms with Crippen molar-refractivity contribution in [2.45, 2.75) is 37.3 Å². The Morgan fingerprint density at radius 3 is 2.50 bits per heavy atom. The molecular weight excluding hydrogens is 254 g/mol. The second-order valence-electron chi connectivity index (χ2n) is 6.46. The molecule has 0 amide bonds. The van der Waals surface area contributed by atoms with Gasteiger partial charge in [-0.2, -0.15) is 0 Å². The van der Waals surface area contributed by atoms with Gasteiger partial charge in [-0.25, -0.2) is 0 Å². The topological polar surface area (TPSA) is 51.0 Å². The highest BCUT2D eigenvalue weighted by molar-refractivity contribution is 4.93. The van der Waals surface area contributed by atoms with Gasteiger partial charge in [0.2, 0.25) is 0 Å². The van der Waals surface area contributed by atoms with Gasteiger partial charge >= 0.3 is 0 Å². The van der Waals surface area contributed by atoms with Crippen LogP contribution in [0, 0.1) is 0 Å². The fraction of sp³-hybridized carbons (Fsp3) is 1.00. The molecule has 0 aliphatic carbocycles. The van der Waals surface area contributed by atoms with Crippen LogP contribution in [0.4, 0.5) is 0 Å². The van der Waals surface area contributed by atoms with Crippen LogP contribution in [-0.4, -0.2) is 80.5 Å². The zero-order valence-electron chi connectivity index (χ0n) is 12.6. The van der Waals surface area contributed by atoms with Crippen LogP contribution in [0.3, 0.4) is 0 Å². The maximum absolute atomic E-state index is 6.15. The fourth-order valence-electron chi connectivity index (χ4n) is 3.94. The van der Waals surface area contributed by atoms with Crippen LogP contribution in [0.5, 0.6) is 0 Å². The molecule has 0 saturated carbocycles. The monoisotopic (exact) mass is 283 g/mol. The molecule has 3 rings (SSSR count). The van der Waals surface area contributed by atoms with Crippen molar-refractivity contribution in [3.8, 4) is 0 Å². The Kier molecular flexibility index (Phi) is 4.94. The normalized spacial score (nSPS) is 32.5. The molecule has 2 N–H and O–H groups in total. The highest BCUT2D eigenvalue weighted by Crippen LogP contribution is 2.36. The molecule has 0 aromatic carbocycles. The number of nitrogens with two attached hydrogens (primary N) is 1. The minimum atomic E-state index is 0.121. The summed E-state index contributed by atoms with van der Waals surface area (Å²) >= 11 is 0. The smallest absolute Gasteiger partial charge is 0.0741 e. The van der Waals surface area contributed by atoms with Gasteiger partial charge in [-0.15, -0.1) is 0 Å². The fourth-order valence-corrected chi connectivity index (χ4v) is 3.94. The summed E-state index contributed by atoms with van der Waals surface area (Å²) in [4.78, 5) is 5.17. The van der Waals surface area contributed by atoms with Gasteiger partial charge in [-0.3, -0.25) is 9.80 Å². The SMILES string of the molecule is NCCN1CCN(C2CCOC3(CCOCC3)C2)CC1. The molecule has 3 aliphatic rings. The zero-order valence-corrected chi connectivity index (χ0v) is 12.6. The Morgan fingerprint density at radius 1 is 1.05 bits per heavy atom. The van der Waals surface area contributed by atoms with Crippen LogP contribution >= 0.6 is 0 Å². The van der Waals surface area contributed by atoms with E-state index in [-0.39, 0.29) is 5.60 Å². The molecule has 0 bridgehead atoms. The van der Waals surface area contributed by atoms with E-state index in [4.69, 9.17) is 15.2 Å². The average molecular weight is 283 g/mol. The molecule has 0 aromatic heterocycles. The van der Waals surface area contributed by atoms with Crippen molar-refractivity contribution >= 4 is 0 Å². The first-order valence-corrected chi connectivity index (χ1v) is 8.19. The Hall–Kier alpha value is -0.200. The zero-order chi connectivity index (χ0) is 13.8. The van der Waals surface area contributed by atoms with Crippen molar-refractivity contribution in [1.82, 2.24) is 9.80 Å². The van der Waals surface area contributed by atoms with E-state index in [2.05, 4.69) is 9.80 Å². The molecule has 5 heteroatoms. The van der Waals surface area contributed by atoms with Crippen LogP contribution in [0.1, 0.15) is 25.7 Å². The molecule has 20 heavy (non-hydrogen) atoms. The Bertz CT molecular complexity index is 294. The highest BCUT2D eigenvalue weighted by atomic mass is 16.5. The van der Waals surface area contributed by atoms with Gasteiger partial charge in [0.15, 0.2) is 0 Å². The van der Waals surface area contributed by atoms with Crippen LogP contribution in [0.2, 0.25) is 0 Å². The van der Waals surface area contributed by atoms with Gasteiger partial charge < -0.3 is 15.2 Å². The molecule has 1 unspecified atom stereocenters. The number of piperazine rings is 1.